The minimum Gasteiger partial charge on any atom is -0.497 e. The molecule has 0 amide bonds. The highest BCUT2D eigenvalue weighted by atomic mass is 16.5. The van der Waals surface area contributed by atoms with Gasteiger partial charge in [0.2, 0.25) is 0 Å². The van der Waals surface area contributed by atoms with Gasteiger partial charge in [0, 0.05) is 18.2 Å². The smallest absolute Gasteiger partial charge is 0.123 e. The number of hydrogen-bond acceptors (Lipinski definition) is 3. The summed E-state index contributed by atoms with van der Waals surface area (Å²) in [6, 6.07) is 6.01. The minimum atomic E-state index is 0.191. The first kappa shape index (κ1) is 13.6. The second kappa shape index (κ2) is 6.30. The van der Waals surface area contributed by atoms with Gasteiger partial charge >= 0.3 is 0 Å². The molecule has 1 aromatic rings. The summed E-state index contributed by atoms with van der Waals surface area (Å²) >= 11 is 0. The van der Waals surface area contributed by atoms with Crippen molar-refractivity contribution in [1.82, 2.24) is 5.32 Å². The number of hydrogen-bond donors (Lipinski definition) is 1. The van der Waals surface area contributed by atoms with Gasteiger partial charge in [0.1, 0.15) is 11.5 Å². The fraction of sp³-hybridized carbons (Fsp3) is 0.429. The van der Waals surface area contributed by atoms with E-state index < -0.39 is 0 Å². The molecule has 1 unspecified atom stereocenters. The Morgan fingerprint density at radius 3 is 2.59 bits per heavy atom. The highest BCUT2D eigenvalue weighted by molar-refractivity contribution is 5.42. The van der Waals surface area contributed by atoms with E-state index in [9.17, 15) is 0 Å². The Morgan fingerprint density at radius 2 is 2.06 bits per heavy atom. The van der Waals surface area contributed by atoms with Crippen molar-refractivity contribution in [2.24, 2.45) is 0 Å². The van der Waals surface area contributed by atoms with E-state index in [1.807, 2.05) is 25.1 Å². The summed E-state index contributed by atoms with van der Waals surface area (Å²) in [6.07, 6.45) is 0. The van der Waals surface area contributed by atoms with E-state index in [1.54, 1.807) is 14.2 Å². The zero-order valence-corrected chi connectivity index (χ0v) is 11.0. The first-order valence-corrected chi connectivity index (χ1v) is 5.68. The van der Waals surface area contributed by atoms with Crippen molar-refractivity contribution in [1.29, 1.82) is 0 Å². The molecule has 0 radical (unpaired) electrons. The molecule has 3 heteroatoms. The van der Waals surface area contributed by atoms with Crippen molar-refractivity contribution in [2.75, 3.05) is 20.8 Å². The lowest BCUT2D eigenvalue weighted by atomic mass is 10.1. The SMILES string of the molecule is C=C(C)CNC(C)c1cc(OC)ccc1OC. The van der Waals surface area contributed by atoms with Crippen molar-refractivity contribution in [3.8, 4) is 11.5 Å². The van der Waals surface area contributed by atoms with Crippen LogP contribution in [0, 0.1) is 0 Å². The third-order valence-corrected chi connectivity index (χ3v) is 2.61. The average Bonchev–Trinajstić information content (AvgIpc) is 2.34. The largest absolute Gasteiger partial charge is 0.497 e. The molecule has 17 heavy (non-hydrogen) atoms. The molecule has 0 bridgehead atoms. The molecule has 1 N–H and O–H groups in total. The number of nitrogens with one attached hydrogen (secondary N) is 1. The van der Waals surface area contributed by atoms with Gasteiger partial charge in [-0.25, -0.2) is 0 Å². The Balaban J connectivity index is 2.88. The average molecular weight is 235 g/mol. The zero-order chi connectivity index (χ0) is 12.8. The van der Waals surface area contributed by atoms with Crippen LogP contribution in [0.3, 0.4) is 0 Å². The van der Waals surface area contributed by atoms with E-state index in [0.717, 1.165) is 29.2 Å². The van der Waals surface area contributed by atoms with Crippen LogP contribution in [-0.2, 0) is 0 Å². The molecule has 1 aromatic carbocycles. The number of rotatable bonds is 6. The summed E-state index contributed by atoms with van der Waals surface area (Å²) in [5.74, 6) is 1.71. The maximum atomic E-state index is 5.35. The molecule has 0 aliphatic rings. The Kier molecular flexibility index (Phi) is 5.04. The fourth-order valence-corrected chi connectivity index (χ4v) is 1.62. The van der Waals surface area contributed by atoms with Crippen LogP contribution >= 0.6 is 0 Å². The van der Waals surface area contributed by atoms with Crippen LogP contribution < -0.4 is 14.8 Å². The summed E-state index contributed by atoms with van der Waals surface area (Å²) < 4.78 is 10.6. The lowest BCUT2D eigenvalue weighted by Crippen LogP contribution is -2.20. The lowest BCUT2D eigenvalue weighted by molar-refractivity contribution is 0.392. The molecular weight excluding hydrogens is 214 g/mol. The minimum absolute atomic E-state index is 0.191. The predicted octanol–water partition coefficient (Wildman–Crippen LogP) is 2.93. The van der Waals surface area contributed by atoms with Crippen LogP contribution in [0.4, 0.5) is 0 Å². The van der Waals surface area contributed by atoms with E-state index in [4.69, 9.17) is 9.47 Å². The maximum absolute atomic E-state index is 5.35. The van der Waals surface area contributed by atoms with Crippen LogP contribution in [-0.4, -0.2) is 20.8 Å². The first-order chi connectivity index (χ1) is 8.08. The molecule has 0 aliphatic carbocycles. The molecule has 94 valence electrons. The molecular formula is C14H21NO2. The number of methoxy groups -OCH3 is 2. The summed E-state index contributed by atoms with van der Waals surface area (Å²) in [6.45, 7) is 8.77. The molecule has 1 rings (SSSR count). The van der Waals surface area contributed by atoms with E-state index in [2.05, 4.69) is 18.8 Å². The number of benzene rings is 1. The monoisotopic (exact) mass is 235 g/mol. The van der Waals surface area contributed by atoms with Crippen molar-refractivity contribution in [2.45, 2.75) is 19.9 Å². The second-order valence-electron chi connectivity index (χ2n) is 4.17. The van der Waals surface area contributed by atoms with Crippen LogP contribution in [0.15, 0.2) is 30.4 Å². The van der Waals surface area contributed by atoms with Gasteiger partial charge in [0.05, 0.1) is 14.2 Å². The summed E-state index contributed by atoms with van der Waals surface area (Å²) in [4.78, 5) is 0. The third kappa shape index (κ3) is 3.79. The zero-order valence-electron chi connectivity index (χ0n) is 11.0. The highest BCUT2D eigenvalue weighted by Crippen LogP contribution is 2.29. The Bertz CT molecular complexity index is 388. The van der Waals surface area contributed by atoms with Gasteiger partial charge < -0.3 is 14.8 Å². The molecule has 0 heterocycles. The van der Waals surface area contributed by atoms with Gasteiger partial charge in [-0.05, 0) is 32.0 Å². The van der Waals surface area contributed by atoms with Crippen LogP contribution in [0.2, 0.25) is 0 Å². The Morgan fingerprint density at radius 1 is 1.35 bits per heavy atom. The second-order valence-corrected chi connectivity index (χ2v) is 4.17. The first-order valence-electron chi connectivity index (χ1n) is 5.68. The lowest BCUT2D eigenvalue weighted by Gasteiger charge is -2.18. The topological polar surface area (TPSA) is 30.5 Å². The quantitative estimate of drug-likeness (QED) is 0.769. The molecule has 1 atom stereocenters. The predicted molar refractivity (Wildman–Crippen MR) is 70.8 cm³/mol. The summed E-state index contributed by atoms with van der Waals surface area (Å²) in [5.41, 5.74) is 2.20. The van der Waals surface area contributed by atoms with Crippen molar-refractivity contribution in [3.63, 3.8) is 0 Å². The van der Waals surface area contributed by atoms with Crippen molar-refractivity contribution < 1.29 is 9.47 Å². The molecule has 0 saturated heterocycles. The number of ether oxygens (including phenoxy) is 2. The van der Waals surface area contributed by atoms with Crippen molar-refractivity contribution >= 4 is 0 Å². The third-order valence-electron chi connectivity index (χ3n) is 2.61. The van der Waals surface area contributed by atoms with Crippen LogP contribution in [0.5, 0.6) is 11.5 Å². The molecule has 0 aliphatic heterocycles. The fourth-order valence-electron chi connectivity index (χ4n) is 1.62. The standard InChI is InChI=1S/C14H21NO2/c1-10(2)9-15-11(3)13-8-12(16-4)6-7-14(13)17-5/h6-8,11,15H,1,9H2,2-5H3. The maximum Gasteiger partial charge on any atom is 0.123 e. The normalized spacial score (nSPS) is 12.0. The van der Waals surface area contributed by atoms with Crippen LogP contribution in [0.25, 0.3) is 0 Å². The molecule has 0 spiro atoms. The highest BCUT2D eigenvalue weighted by Gasteiger charge is 2.12. The summed E-state index contributed by atoms with van der Waals surface area (Å²) in [5, 5.41) is 3.39. The van der Waals surface area contributed by atoms with E-state index in [0.29, 0.717) is 0 Å². The van der Waals surface area contributed by atoms with E-state index in [-0.39, 0.29) is 6.04 Å². The molecule has 0 saturated carbocycles. The van der Waals surface area contributed by atoms with Gasteiger partial charge in [-0.1, -0.05) is 12.2 Å². The Labute approximate surface area is 103 Å². The van der Waals surface area contributed by atoms with Gasteiger partial charge in [0.25, 0.3) is 0 Å². The Hall–Kier alpha value is -1.48. The summed E-state index contributed by atoms with van der Waals surface area (Å²) in [7, 11) is 3.34. The van der Waals surface area contributed by atoms with Gasteiger partial charge in [0.15, 0.2) is 0 Å². The van der Waals surface area contributed by atoms with E-state index in [1.165, 1.54) is 0 Å². The molecule has 0 aromatic heterocycles. The van der Waals surface area contributed by atoms with Gasteiger partial charge in [-0.3, -0.25) is 0 Å². The van der Waals surface area contributed by atoms with Crippen molar-refractivity contribution in [3.05, 3.63) is 35.9 Å². The molecule has 0 fully saturated rings. The van der Waals surface area contributed by atoms with Crippen LogP contribution in [0.1, 0.15) is 25.5 Å². The van der Waals surface area contributed by atoms with Gasteiger partial charge in [-0.2, -0.15) is 0 Å². The molecule has 3 nitrogen and oxygen atoms in total. The van der Waals surface area contributed by atoms with Gasteiger partial charge in [-0.15, -0.1) is 0 Å². The van der Waals surface area contributed by atoms with E-state index >= 15 is 0 Å².